The zero-order chi connectivity index (χ0) is 15.2. The first kappa shape index (κ1) is 15.3. The normalized spacial score (nSPS) is 12.0. The molecule has 0 aromatic heterocycles. The number of carbonyl (C=O) groups excluding carboxylic acids is 1. The number of anilines is 1. The van der Waals surface area contributed by atoms with Crippen molar-refractivity contribution < 1.29 is 10.1 Å². The smallest absolute Gasteiger partial charge is 0.279 e. The second-order valence-corrected chi connectivity index (χ2v) is 5.49. The Morgan fingerprint density at radius 1 is 1.10 bits per heavy atom. The first-order valence-electron chi connectivity index (χ1n) is 7.31. The van der Waals surface area contributed by atoms with Crippen molar-refractivity contribution in [2.24, 2.45) is 0 Å². The number of nitrogens with one attached hydrogen (secondary N) is 1. The molecular formula is C18H23N2O+. The van der Waals surface area contributed by atoms with E-state index in [0.717, 1.165) is 5.69 Å². The van der Waals surface area contributed by atoms with E-state index in [0.29, 0.717) is 6.54 Å². The second kappa shape index (κ2) is 7.04. The third kappa shape index (κ3) is 4.43. The topological polar surface area (TPSA) is 45.7 Å². The van der Waals surface area contributed by atoms with E-state index in [2.05, 4.69) is 38.2 Å². The lowest BCUT2D eigenvalue weighted by atomic mass is 10.1. The van der Waals surface area contributed by atoms with Crippen LogP contribution in [0, 0.1) is 13.8 Å². The van der Waals surface area contributed by atoms with Crippen molar-refractivity contribution >= 4 is 11.6 Å². The van der Waals surface area contributed by atoms with Crippen LogP contribution >= 0.6 is 0 Å². The highest BCUT2D eigenvalue weighted by Crippen LogP contribution is 2.13. The Bertz CT molecular complexity index is 608. The Morgan fingerprint density at radius 3 is 2.48 bits per heavy atom. The van der Waals surface area contributed by atoms with Crippen molar-refractivity contribution in [1.82, 2.24) is 0 Å². The van der Waals surface area contributed by atoms with E-state index < -0.39 is 0 Å². The van der Waals surface area contributed by atoms with Crippen molar-refractivity contribution in [3.05, 3.63) is 65.2 Å². The number of aryl methyl sites for hydroxylation is 2. The molecule has 2 aromatic rings. The molecule has 3 N–H and O–H groups in total. The predicted molar refractivity (Wildman–Crippen MR) is 86.2 cm³/mol. The van der Waals surface area contributed by atoms with Crippen molar-refractivity contribution in [3.63, 3.8) is 0 Å². The quantitative estimate of drug-likeness (QED) is 0.870. The molecular weight excluding hydrogens is 260 g/mol. The van der Waals surface area contributed by atoms with Gasteiger partial charge in [0.05, 0.1) is 0 Å². The fourth-order valence-electron chi connectivity index (χ4n) is 2.21. The van der Waals surface area contributed by atoms with Crippen molar-refractivity contribution in [1.29, 1.82) is 0 Å². The van der Waals surface area contributed by atoms with E-state index in [1.807, 2.05) is 41.7 Å². The summed E-state index contributed by atoms with van der Waals surface area (Å²) >= 11 is 0. The Morgan fingerprint density at radius 2 is 1.81 bits per heavy atom. The lowest BCUT2D eigenvalue weighted by Crippen LogP contribution is -2.86. The maximum Gasteiger partial charge on any atom is 0.279 e. The summed E-state index contributed by atoms with van der Waals surface area (Å²) in [7, 11) is 0. The van der Waals surface area contributed by atoms with Gasteiger partial charge in [0.2, 0.25) is 0 Å². The molecule has 21 heavy (non-hydrogen) atoms. The maximum absolute atomic E-state index is 12.0. The predicted octanol–water partition coefficient (Wildman–Crippen LogP) is 2.57. The van der Waals surface area contributed by atoms with Crippen molar-refractivity contribution in [2.45, 2.75) is 26.8 Å². The van der Waals surface area contributed by atoms with E-state index in [1.54, 1.807) is 0 Å². The van der Waals surface area contributed by atoms with E-state index >= 15 is 0 Å². The largest absolute Gasteiger partial charge is 0.333 e. The molecule has 0 unspecified atom stereocenters. The molecule has 2 rings (SSSR count). The van der Waals surface area contributed by atoms with E-state index in [1.165, 1.54) is 16.7 Å². The van der Waals surface area contributed by atoms with E-state index in [4.69, 9.17) is 0 Å². The Hall–Kier alpha value is -2.13. The molecule has 3 nitrogen and oxygen atoms in total. The van der Waals surface area contributed by atoms with Gasteiger partial charge in [-0.2, -0.15) is 0 Å². The highest BCUT2D eigenvalue weighted by molar-refractivity contribution is 5.91. The Kier molecular flexibility index (Phi) is 5.12. The first-order valence-corrected chi connectivity index (χ1v) is 7.31. The molecule has 0 aliphatic rings. The molecule has 1 atom stereocenters. The van der Waals surface area contributed by atoms with Crippen LogP contribution in [0.1, 0.15) is 29.7 Å². The lowest BCUT2D eigenvalue weighted by molar-refractivity contribution is -0.682. The number of carbonyl (C=O) groups is 1. The number of rotatable bonds is 5. The van der Waals surface area contributed by atoms with Gasteiger partial charge in [-0.3, -0.25) is 4.79 Å². The third-order valence-electron chi connectivity index (χ3n) is 3.77. The number of amides is 1. The molecule has 0 bridgehead atoms. The second-order valence-electron chi connectivity index (χ2n) is 5.49. The maximum atomic E-state index is 12.0. The number of hydrogen-bond acceptors (Lipinski definition) is 1. The molecule has 0 fully saturated rings. The fourth-order valence-corrected chi connectivity index (χ4v) is 2.21. The minimum atomic E-state index is 0.0287. The zero-order valence-corrected chi connectivity index (χ0v) is 12.9. The lowest BCUT2D eigenvalue weighted by Gasteiger charge is -2.11. The number of benzene rings is 2. The van der Waals surface area contributed by atoms with Gasteiger partial charge in [0.15, 0.2) is 6.54 Å². The van der Waals surface area contributed by atoms with Gasteiger partial charge in [-0.05, 0) is 44.0 Å². The fraction of sp³-hybridized carbons (Fsp3) is 0.278. The first-order chi connectivity index (χ1) is 10.1. The van der Waals surface area contributed by atoms with Gasteiger partial charge in [0.25, 0.3) is 5.91 Å². The summed E-state index contributed by atoms with van der Waals surface area (Å²) in [4.78, 5) is 12.0. The van der Waals surface area contributed by atoms with Crippen LogP contribution in [0.25, 0.3) is 0 Å². The highest BCUT2D eigenvalue weighted by atomic mass is 16.1. The van der Waals surface area contributed by atoms with Crippen LogP contribution in [0.3, 0.4) is 0 Å². The third-order valence-corrected chi connectivity index (χ3v) is 3.77. The molecule has 2 aromatic carbocycles. The summed E-state index contributed by atoms with van der Waals surface area (Å²) in [6, 6.07) is 16.5. The summed E-state index contributed by atoms with van der Waals surface area (Å²) < 4.78 is 0. The van der Waals surface area contributed by atoms with Gasteiger partial charge in [-0.25, -0.2) is 0 Å². The Labute approximate surface area is 126 Å². The molecule has 0 heterocycles. The van der Waals surface area contributed by atoms with Gasteiger partial charge >= 0.3 is 0 Å². The van der Waals surface area contributed by atoms with Crippen LogP contribution in [0.4, 0.5) is 5.69 Å². The molecule has 0 saturated carbocycles. The Balaban J connectivity index is 1.86. The van der Waals surface area contributed by atoms with Crippen LogP contribution in [-0.2, 0) is 4.79 Å². The van der Waals surface area contributed by atoms with Gasteiger partial charge in [-0.1, -0.05) is 36.4 Å². The standard InChI is InChI=1S/C18H22N2O/c1-13-9-10-17(11-14(13)2)20-18(21)12-19-15(3)16-7-5-4-6-8-16/h4-11,15,19H,12H2,1-3H3,(H,20,21)/p+1/t15-/m0/s1. The van der Waals surface area contributed by atoms with Crippen molar-refractivity contribution in [2.75, 3.05) is 11.9 Å². The molecule has 110 valence electrons. The minimum absolute atomic E-state index is 0.0287. The average Bonchev–Trinajstić information content (AvgIpc) is 2.49. The molecule has 3 heteroatoms. The summed E-state index contributed by atoms with van der Waals surface area (Å²) in [5.41, 5.74) is 4.52. The summed E-state index contributed by atoms with van der Waals surface area (Å²) in [5, 5.41) is 4.99. The molecule has 0 spiro atoms. The molecule has 1 amide bonds. The van der Waals surface area contributed by atoms with Crippen LogP contribution in [0.5, 0.6) is 0 Å². The van der Waals surface area contributed by atoms with Crippen LogP contribution in [0.15, 0.2) is 48.5 Å². The number of quaternary nitrogens is 1. The SMILES string of the molecule is Cc1ccc(NC(=O)C[NH2+][C@@H](C)c2ccccc2)cc1C. The molecule has 0 aliphatic carbocycles. The van der Waals surface area contributed by atoms with Crippen LogP contribution in [-0.4, -0.2) is 12.5 Å². The van der Waals surface area contributed by atoms with Crippen LogP contribution < -0.4 is 10.6 Å². The molecule has 0 radical (unpaired) electrons. The van der Waals surface area contributed by atoms with Crippen LogP contribution in [0.2, 0.25) is 0 Å². The number of hydrogen-bond donors (Lipinski definition) is 2. The van der Waals surface area contributed by atoms with E-state index in [9.17, 15) is 4.79 Å². The molecule has 0 aliphatic heterocycles. The van der Waals surface area contributed by atoms with Gasteiger partial charge < -0.3 is 10.6 Å². The summed E-state index contributed by atoms with van der Waals surface area (Å²) in [6.45, 7) is 6.65. The summed E-state index contributed by atoms with van der Waals surface area (Å²) in [5.74, 6) is 0.0287. The summed E-state index contributed by atoms with van der Waals surface area (Å²) in [6.07, 6.45) is 0. The minimum Gasteiger partial charge on any atom is -0.333 e. The zero-order valence-electron chi connectivity index (χ0n) is 12.9. The van der Waals surface area contributed by atoms with E-state index in [-0.39, 0.29) is 11.9 Å². The monoisotopic (exact) mass is 283 g/mol. The van der Waals surface area contributed by atoms with Crippen molar-refractivity contribution in [3.8, 4) is 0 Å². The average molecular weight is 283 g/mol. The molecule has 0 saturated heterocycles. The van der Waals surface area contributed by atoms with Gasteiger partial charge in [0, 0.05) is 11.3 Å². The number of nitrogens with two attached hydrogens (primary N) is 1. The van der Waals surface area contributed by atoms with Gasteiger partial charge in [-0.15, -0.1) is 0 Å². The highest BCUT2D eigenvalue weighted by Gasteiger charge is 2.11. The van der Waals surface area contributed by atoms with Gasteiger partial charge in [0.1, 0.15) is 6.04 Å².